The molecule has 0 atom stereocenters. The zero-order chi connectivity index (χ0) is 14.1. The number of H-pyrrole nitrogens is 1. The first-order chi connectivity index (χ1) is 9.63. The molecule has 1 aromatic carbocycles. The highest BCUT2D eigenvalue weighted by Crippen LogP contribution is 2.21. The molecule has 3 aromatic rings. The number of hydrogen-bond acceptors (Lipinski definition) is 3. The number of aromatic amines is 1. The molecule has 2 aromatic heterocycles. The van der Waals surface area contributed by atoms with Gasteiger partial charge in [0, 0.05) is 27.3 Å². The SMILES string of the molecule is CN(Cc1cc(Br)cs1)C(=O)c1ccc2nc[nH]c2c1. The van der Waals surface area contributed by atoms with Crippen molar-refractivity contribution in [3.63, 3.8) is 0 Å². The molecule has 1 N–H and O–H groups in total. The third kappa shape index (κ3) is 2.62. The maximum absolute atomic E-state index is 12.4. The van der Waals surface area contributed by atoms with Gasteiger partial charge in [-0.2, -0.15) is 0 Å². The fourth-order valence-corrected chi connectivity index (χ4v) is 3.53. The summed E-state index contributed by atoms with van der Waals surface area (Å²) in [5.74, 6) is 0.00558. The number of fused-ring (bicyclic) bond motifs is 1. The Morgan fingerprint density at radius 2 is 2.30 bits per heavy atom. The fraction of sp³-hybridized carbons (Fsp3) is 0.143. The lowest BCUT2D eigenvalue weighted by Gasteiger charge is -2.16. The Hall–Kier alpha value is -1.66. The predicted octanol–water partition coefficient (Wildman–Crippen LogP) is 3.66. The predicted molar refractivity (Wildman–Crippen MR) is 83.9 cm³/mol. The van der Waals surface area contributed by atoms with E-state index in [2.05, 4.69) is 25.9 Å². The van der Waals surface area contributed by atoms with Gasteiger partial charge in [0.2, 0.25) is 0 Å². The number of hydrogen-bond donors (Lipinski definition) is 1. The maximum atomic E-state index is 12.4. The number of imidazole rings is 1. The number of halogens is 1. The van der Waals surface area contributed by atoms with Crippen molar-refractivity contribution < 1.29 is 4.79 Å². The Balaban J connectivity index is 1.80. The summed E-state index contributed by atoms with van der Waals surface area (Å²) >= 11 is 5.06. The normalized spacial score (nSPS) is 10.9. The first kappa shape index (κ1) is 13.3. The van der Waals surface area contributed by atoms with E-state index in [4.69, 9.17) is 0 Å². The number of amides is 1. The van der Waals surface area contributed by atoms with Gasteiger partial charge in [0.15, 0.2) is 0 Å². The zero-order valence-corrected chi connectivity index (χ0v) is 13.2. The summed E-state index contributed by atoms with van der Waals surface area (Å²) in [6.45, 7) is 0.607. The number of thiophene rings is 1. The minimum atomic E-state index is 0.00558. The number of carbonyl (C=O) groups is 1. The summed E-state index contributed by atoms with van der Waals surface area (Å²) < 4.78 is 1.05. The molecular formula is C14H12BrN3OS. The van der Waals surface area contributed by atoms with E-state index >= 15 is 0 Å². The lowest BCUT2D eigenvalue weighted by atomic mass is 10.2. The van der Waals surface area contributed by atoms with E-state index in [9.17, 15) is 4.79 Å². The summed E-state index contributed by atoms with van der Waals surface area (Å²) in [7, 11) is 1.81. The molecule has 0 radical (unpaired) electrons. The van der Waals surface area contributed by atoms with Gasteiger partial charge in [0.1, 0.15) is 0 Å². The summed E-state index contributed by atoms with van der Waals surface area (Å²) in [5.41, 5.74) is 2.41. The van der Waals surface area contributed by atoms with Gasteiger partial charge in [-0.05, 0) is 40.2 Å². The van der Waals surface area contributed by atoms with Crippen molar-refractivity contribution in [3.8, 4) is 0 Å². The van der Waals surface area contributed by atoms with Gasteiger partial charge in [-0.25, -0.2) is 4.98 Å². The summed E-state index contributed by atoms with van der Waals surface area (Å²) in [6.07, 6.45) is 1.63. The summed E-state index contributed by atoms with van der Waals surface area (Å²) in [4.78, 5) is 22.4. The standard InChI is InChI=1S/C14H12BrN3OS/c1-18(6-11-5-10(15)7-20-11)14(19)9-2-3-12-13(4-9)17-8-16-12/h2-5,7-8H,6H2,1H3,(H,16,17). The quantitative estimate of drug-likeness (QED) is 0.784. The number of rotatable bonds is 3. The number of aromatic nitrogens is 2. The van der Waals surface area contributed by atoms with Crippen LogP contribution in [-0.2, 0) is 6.54 Å². The summed E-state index contributed by atoms with van der Waals surface area (Å²) in [6, 6.07) is 7.54. The Morgan fingerprint density at radius 1 is 1.45 bits per heavy atom. The average Bonchev–Trinajstić information content (AvgIpc) is 3.05. The van der Waals surface area contributed by atoms with Crippen molar-refractivity contribution in [1.29, 1.82) is 0 Å². The molecule has 2 heterocycles. The van der Waals surface area contributed by atoms with E-state index in [1.54, 1.807) is 22.6 Å². The van der Waals surface area contributed by atoms with Crippen LogP contribution in [0.1, 0.15) is 15.2 Å². The maximum Gasteiger partial charge on any atom is 0.253 e. The molecule has 0 bridgehead atoms. The van der Waals surface area contributed by atoms with Crippen molar-refractivity contribution in [1.82, 2.24) is 14.9 Å². The van der Waals surface area contributed by atoms with Gasteiger partial charge < -0.3 is 9.88 Å². The smallest absolute Gasteiger partial charge is 0.253 e. The second-order valence-electron chi connectivity index (χ2n) is 4.53. The molecular weight excluding hydrogens is 338 g/mol. The number of benzene rings is 1. The van der Waals surface area contributed by atoms with E-state index in [-0.39, 0.29) is 5.91 Å². The van der Waals surface area contributed by atoms with Gasteiger partial charge in [0.25, 0.3) is 5.91 Å². The molecule has 0 saturated carbocycles. The minimum absolute atomic E-state index is 0.00558. The van der Waals surface area contributed by atoms with Crippen molar-refractivity contribution in [3.05, 3.63) is 50.9 Å². The van der Waals surface area contributed by atoms with Crippen LogP contribution in [0.25, 0.3) is 11.0 Å². The molecule has 102 valence electrons. The molecule has 0 spiro atoms. The van der Waals surface area contributed by atoms with E-state index in [0.717, 1.165) is 20.4 Å². The monoisotopic (exact) mass is 349 g/mol. The Bertz CT molecular complexity index is 764. The molecule has 3 rings (SSSR count). The van der Waals surface area contributed by atoms with Crippen LogP contribution in [0, 0.1) is 0 Å². The highest BCUT2D eigenvalue weighted by molar-refractivity contribution is 9.10. The van der Waals surface area contributed by atoms with Crippen molar-refractivity contribution >= 4 is 44.2 Å². The molecule has 0 fully saturated rings. The third-order valence-corrected chi connectivity index (χ3v) is 4.71. The van der Waals surface area contributed by atoms with Crippen molar-refractivity contribution in [2.45, 2.75) is 6.54 Å². The zero-order valence-electron chi connectivity index (χ0n) is 10.8. The molecule has 0 aliphatic carbocycles. The first-order valence-electron chi connectivity index (χ1n) is 6.05. The van der Waals surface area contributed by atoms with Gasteiger partial charge in [-0.15, -0.1) is 11.3 Å². The molecule has 0 saturated heterocycles. The fourth-order valence-electron chi connectivity index (χ4n) is 2.03. The molecule has 6 heteroatoms. The van der Waals surface area contributed by atoms with Gasteiger partial charge >= 0.3 is 0 Å². The second-order valence-corrected chi connectivity index (χ2v) is 6.44. The van der Waals surface area contributed by atoms with Crippen LogP contribution in [0.15, 0.2) is 40.4 Å². The van der Waals surface area contributed by atoms with Gasteiger partial charge in [-0.3, -0.25) is 4.79 Å². The highest BCUT2D eigenvalue weighted by atomic mass is 79.9. The molecule has 0 aliphatic rings. The molecule has 20 heavy (non-hydrogen) atoms. The van der Waals surface area contributed by atoms with Crippen LogP contribution in [-0.4, -0.2) is 27.8 Å². The molecule has 0 aliphatic heterocycles. The van der Waals surface area contributed by atoms with Gasteiger partial charge in [0.05, 0.1) is 23.9 Å². The largest absolute Gasteiger partial charge is 0.345 e. The Morgan fingerprint density at radius 3 is 3.05 bits per heavy atom. The van der Waals surface area contributed by atoms with Gasteiger partial charge in [-0.1, -0.05) is 0 Å². The van der Waals surface area contributed by atoms with Crippen LogP contribution < -0.4 is 0 Å². The Kier molecular flexibility index (Phi) is 3.58. The van der Waals surface area contributed by atoms with E-state index in [1.165, 1.54) is 0 Å². The Labute approximate surface area is 128 Å². The summed E-state index contributed by atoms with van der Waals surface area (Å²) in [5, 5.41) is 2.02. The first-order valence-corrected chi connectivity index (χ1v) is 7.72. The van der Waals surface area contributed by atoms with Crippen molar-refractivity contribution in [2.75, 3.05) is 7.05 Å². The lowest BCUT2D eigenvalue weighted by molar-refractivity contribution is 0.0786. The molecule has 4 nitrogen and oxygen atoms in total. The third-order valence-electron chi connectivity index (χ3n) is 3.03. The van der Waals surface area contributed by atoms with E-state index < -0.39 is 0 Å². The highest BCUT2D eigenvalue weighted by Gasteiger charge is 2.13. The minimum Gasteiger partial charge on any atom is -0.345 e. The molecule has 0 unspecified atom stereocenters. The van der Waals surface area contributed by atoms with Crippen molar-refractivity contribution in [2.24, 2.45) is 0 Å². The topological polar surface area (TPSA) is 49.0 Å². The van der Waals surface area contributed by atoms with Crippen LogP contribution in [0.3, 0.4) is 0 Å². The van der Waals surface area contributed by atoms with Crippen LogP contribution >= 0.6 is 27.3 Å². The van der Waals surface area contributed by atoms with E-state index in [1.807, 2.05) is 36.7 Å². The number of nitrogens with zero attached hydrogens (tertiary/aromatic N) is 2. The van der Waals surface area contributed by atoms with Crippen LogP contribution in [0.2, 0.25) is 0 Å². The average molecular weight is 350 g/mol. The lowest BCUT2D eigenvalue weighted by Crippen LogP contribution is -2.25. The second kappa shape index (κ2) is 5.38. The van der Waals surface area contributed by atoms with E-state index in [0.29, 0.717) is 12.1 Å². The van der Waals surface area contributed by atoms with Crippen LogP contribution in [0.4, 0.5) is 0 Å². The van der Waals surface area contributed by atoms with Crippen LogP contribution in [0.5, 0.6) is 0 Å². The molecule has 1 amide bonds. The number of nitrogens with one attached hydrogen (secondary N) is 1. The number of carbonyl (C=O) groups excluding carboxylic acids is 1.